The number of nitrogens with one attached hydrogen (secondary N) is 1. The average Bonchev–Trinajstić information content (AvgIpc) is 3.05. The van der Waals surface area contributed by atoms with Gasteiger partial charge in [-0.1, -0.05) is 30.4 Å². The number of methoxy groups -OCH3 is 1. The van der Waals surface area contributed by atoms with Gasteiger partial charge in [-0.2, -0.15) is 0 Å². The average molecular weight is 372 g/mol. The molecule has 23 heavy (non-hydrogen) atoms. The highest BCUT2D eigenvalue weighted by molar-refractivity contribution is 9.10. The van der Waals surface area contributed by atoms with Crippen LogP contribution in [0.3, 0.4) is 0 Å². The number of ether oxygens (including phenoxy) is 1. The van der Waals surface area contributed by atoms with Crippen molar-refractivity contribution in [1.82, 2.24) is 0 Å². The van der Waals surface area contributed by atoms with E-state index >= 15 is 0 Å². The van der Waals surface area contributed by atoms with Crippen LogP contribution in [-0.2, 0) is 0 Å². The first-order valence-corrected chi connectivity index (χ1v) is 8.57. The number of allylic oxidation sites excluding steroid dienone is 2. The summed E-state index contributed by atoms with van der Waals surface area (Å²) in [6.45, 7) is 0. The highest BCUT2D eigenvalue weighted by atomic mass is 79.9. The zero-order valence-electron chi connectivity index (χ0n) is 12.8. The normalized spacial score (nSPS) is 24.7. The molecule has 1 heterocycles. The van der Waals surface area contributed by atoms with Crippen LogP contribution in [0.5, 0.6) is 11.5 Å². The molecule has 2 aromatic rings. The van der Waals surface area contributed by atoms with E-state index in [0.29, 0.717) is 17.6 Å². The van der Waals surface area contributed by atoms with Crippen LogP contribution in [-0.4, -0.2) is 12.2 Å². The second-order valence-electron chi connectivity index (χ2n) is 6.11. The molecule has 3 unspecified atom stereocenters. The molecule has 118 valence electrons. The van der Waals surface area contributed by atoms with Crippen LogP contribution in [0, 0.1) is 5.92 Å². The maximum atomic E-state index is 9.86. The van der Waals surface area contributed by atoms with Crippen molar-refractivity contribution in [3.63, 3.8) is 0 Å². The maximum absolute atomic E-state index is 9.86. The first-order valence-electron chi connectivity index (χ1n) is 7.77. The summed E-state index contributed by atoms with van der Waals surface area (Å²) < 4.78 is 6.37. The van der Waals surface area contributed by atoms with Crippen molar-refractivity contribution < 1.29 is 9.84 Å². The largest absolute Gasteiger partial charge is 0.504 e. The van der Waals surface area contributed by atoms with E-state index in [1.165, 1.54) is 5.56 Å². The van der Waals surface area contributed by atoms with Crippen molar-refractivity contribution in [3.8, 4) is 11.5 Å². The molecule has 2 aliphatic rings. The van der Waals surface area contributed by atoms with Gasteiger partial charge in [0.2, 0.25) is 0 Å². The molecule has 2 N–H and O–H groups in total. The number of halogens is 1. The highest BCUT2D eigenvalue weighted by Gasteiger charge is 2.38. The van der Waals surface area contributed by atoms with E-state index in [1.807, 2.05) is 12.1 Å². The van der Waals surface area contributed by atoms with Gasteiger partial charge in [-0.25, -0.2) is 0 Å². The lowest BCUT2D eigenvalue weighted by Crippen LogP contribution is -2.29. The fourth-order valence-electron chi connectivity index (χ4n) is 3.80. The van der Waals surface area contributed by atoms with Crippen LogP contribution in [0.4, 0.5) is 5.69 Å². The lowest BCUT2D eigenvalue weighted by Gasteiger charge is -2.38. The Morgan fingerprint density at radius 1 is 1.26 bits per heavy atom. The van der Waals surface area contributed by atoms with Crippen molar-refractivity contribution in [2.45, 2.75) is 18.4 Å². The molecule has 0 spiro atoms. The van der Waals surface area contributed by atoms with E-state index in [4.69, 9.17) is 4.74 Å². The standard InChI is InChI=1S/C19H18BrNO2/c1-23-17-10-11(8-9-16(17)22)18-13-5-2-4-12(13)14-6-3-7-15(20)19(14)21-18/h2-4,6-10,12-13,18,21-22H,5H2,1H3. The number of hydrogen-bond acceptors (Lipinski definition) is 3. The Morgan fingerprint density at radius 2 is 2.13 bits per heavy atom. The topological polar surface area (TPSA) is 41.5 Å². The number of benzene rings is 2. The third-order valence-corrected chi connectivity index (χ3v) is 5.57. The second-order valence-corrected chi connectivity index (χ2v) is 6.97. The van der Waals surface area contributed by atoms with Gasteiger partial charge in [0.05, 0.1) is 18.8 Å². The number of phenols is 1. The van der Waals surface area contributed by atoms with Crippen LogP contribution < -0.4 is 10.1 Å². The van der Waals surface area contributed by atoms with Crippen molar-refractivity contribution in [1.29, 1.82) is 0 Å². The number of phenolic OH excluding ortho intramolecular Hbond substituents is 1. The van der Waals surface area contributed by atoms with E-state index in [-0.39, 0.29) is 11.8 Å². The van der Waals surface area contributed by atoms with Crippen LogP contribution in [0.15, 0.2) is 53.0 Å². The lowest BCUT2D eigenvalue weighted by atomic mass is 9.77. The summed E-state index contributed by atoms with van der Waals surface area (Å²) in [7, 11) is 1.58. The number of fused-ring (bicyclic) bond motifs is 3. The molecule has 0 amide bonds. The molecule has 0 bridgehead atoms. The fourth-order valence-corrected chi connectivity index (χ4v) is 4.30. The Hall–Kier alpha value is -1.94. The van der Waals surface area contributed by atoms with Gasteiger partial charge in [0.1, 0.15) is 0 Å². The third kappa shape index (κ3) is 2.32. The van der Waals surface area contributed by atoms with Gasteiger partial charge in [-0.3, -0.25) is 0 Å². The molecule has 0 aromatic heterocycles. The van der Waals surface area contributed by atoms with E-state index in [9.17, 15) is 5.11 Å². The molecular formula is C19H18BrNO2. The maximum Gasteiger partial charge on any atom is 0.160 e. The highest BCUT2D eigenvalue weighted by Crippen LogP contribution is 2.51. The molecule has 0 radical (unpaired) electrons. The van der Waals surface area contributed by atoms with Gasteiger partial charge in [0.25, 0.3) is 0 Å². The summed E-state index contributed by atoms with van der Waals surface area (Å²) >= 11 is 3.67. The number of anilines is 1. The first-order chi connectivity index (χ1) is 11.2. The number of aromatic hydroxyl groups is 1. The van der Waals surface area contributed by atoms with Gasteiger partial charge in [0.15, 0.2) is 11.5 Å². The molecule has 3 nitrogen and oxygen atoms in total. The summed E-state index contributed by atoms with van der Waals surface area (Å²) in [5, 5.41) is 13.6. The summed E-state index contributed by atoms with van der Waals surface area (Å²) in [5.41, 5.74) is 3.65. The fraction of sp³-hybridized carbons (Fsp3) is 0.263. The number of para-hydroxylation sites is 1. The molecule has 0 saturated carbocycles. The SMILES string of the molecule is COc1cc(C2Nc3c(Br)cccc3C3C=CCC32)ccc1O. The minimum absolute atomic E-state index is 0.176. The zero-order chi connectivity index (χ0) is 16.0. The molecule has 0 fully saturated rings. The van der Waals surface area contributed by atoms with Crippen LogP contribution in [0.25, 0.3) is 0 Å². The van der Waals surface area contributed by atoms with Crippen molar-refractivity contribution >= 4 is 21.6 Å². The van der Waals surface area contributed by atoms with E-state index < -0.39 is 0 Å². The Labute approximate surface area is 144 Å². The van der Waals surface area contributed by atoms with Crippen LogP contribution in [0.1, 0.15) is 29.5 Å². The smallest absolute Gasteiger partial charge is 0.160 e. The van der Waals surface area contributed by atoms with Gasteiger partial charge in [-0.15, -0.1) is 0 Å². The van der Waals surface area contributed by atoms with Crippen LogP contribution in [0.2, 0.25) is 0 Å². The Balaban J connectivity index is 1.80. The van der Waals surface area contributed by atoms with E-state index in [2.05, 4.69) is 51.6 Å². The minimum Gasteiger partial charge on any atom is -0.504 e. The minimum atomic E-state index is 0.176. The molecule has 4 rings (SSSR count). The molecule has 4 heteroatoms. The van der Waals surface area contributed by atoms with Gasteiger partial charge < -0.3 is 15.2 Å². The van der Waals surface area contributed by atoms with Crippen molar-refractivity contribution in [2.75, 3.05) is 12.4 Å². The molecule has 3 atom stereocenters. The van der Waals surface area contributed by atoms with Crippen molar-refractivity contribution in [3.05, 3.63) is 64.1 Å². The predicted molar refractivity (Wildman–Crippen MR) is 95.2 cm³/mol. The Morgan fingerprint density at radius 3 is 2.96 bits per heavy atom. The summed E-state index contributed by atoms with van der Waals surface area (Å²) in [5.74, 6) is 1.60. The molecule has 0 saturated heterocycles. The van der Waals surface area contributed by atoms with Crippen molar-refractivity contribution in [2.24, 2.45) is 5.92 Å². The lowest BCUT2D eigenvalue weighted by molar-refractivity contribution is 0.370. The summed E-state index contributed by atoms with van der Waals surface area (Å²) in [6.07, 6.45) is 5.65. The third-order valence-electron chi connectivity index (χ3n) is 4.91. The molecule has 1 aliphatic heterocycles. The van der Waals surface area contributed by atoms with E-state index in [0.717, 1.165) is 22.1 Å². The van der Waals surface area contributed by atoms with Crippen LogP contribution >= 0.6 is 15.9 Å². The second kappa shape index (κ2) is 5.60. The van der Waals surface area contributed by atoms with Gasteiger partial charge >= 0.3 is 0 Å². The molecule has 2 aromatic carbocycles. The summed E-state index contributed by atoms with van der Waals surface area (Å²) in [4.78, 5) is 0. The predicted octanol–water partition coefficient (Wildman–Crippen LogP) is 4.99. The van der Waals surface area contributed by atoms with Gasteiger partial charge in [-0.05, 0) is 57.6 Å². The molecular weight excluding hydrogens is 354 g/mol. The monoisotopic (exact) mass is 371 g/mol. The summed E-state index contributed by atoms with van der Waals surface area (Å²) in [6, 6.07) is 12.2. The number of hydrogen-bond donors (Lipinski definition) is 2. The Bertz CT molecular complexity index is 787. The quantitative estimate of drug-likeness (QED) is 0.730. The first kappa shape index (κ1) is 14.6. The van der Waals surface area contributed by atoms with Gasteiger partial charge in [0, 0.05) is 10.4 Å². The molecule has 1 aliphatic carbocycles. The number of rotatable bonds is 2. The van der Waals surface area contributed by atoms with E-state index in [1.54, 1.807) is 13.2 Å². The zero-order valence-corrected chi connectivity index (χ0v) is 14.4. The Kier molecular flexibility index (Phi) is 3.57.